The first-order chi connectivity index (χ1) is 16.2. The van der Waals surface area contributed by atoms with E-state index in [4.69, 9.17) is 0 Å². The number of fused-ring (bicyclic) bond motifs is 1. The predicted molar refractivity (Wildman–Crippen MR) is 123 cm³/mol. The molecule has 2 aromatic carbocycles. The molecule has 5 rings (SSSR count). The summed E-state index contributed by atoms with van der Waals surface area (Å²) in [7, 11) is -3.73. The Labute approximate surface area is 198 Å². The zero-order valence-electron chi connectivity index (χ0n) is 19.0. The maximum absolute atomic E-state index is 13.3. The zero-order chi connectivity index (χ0) is 24.1. The van der Waals surface area contributed by atoms with Gasteiger partial charge in [-0.1, -0.05) is 18.2 Å². The number of hydrogen-bond donors (Lipinski definition) is 1. The minimum atomic E-state index is -3.73. The minimum absolute atomic E-state index is 0.0431. The van der Waals surface area contributed by atoms with E-state index >= 15 is 0 Å². The number of carbonyl (C=O) groups is 2. The molecule has 2 aliphatic heterocycles. The highest BCUT2D eigenvalue weighted by Crippen LogP contribution is 2.33. The summed E-state index contributed by atoms with van der Waals surface area (Å²) in [5.74, 6) is -0.805. The Morgan fingerprint density at radius 3 is 2.35 bits per heavy atom. The summed E-state index contributed by atoms with van der Waals surface area (Å²) >= 11 is 0. The lowest BCUT2D eigenvalue weighted by molar-refractivity contribution is -0.132. The molecule has 10 heteroatoms. The van der Waals surface area contributed by atoms with Gasteiger partial charge in [-0.2, -0.15) is 4.31 Å². The number of carbonyl (C=O) groups excluding carboxylic acids is 2. The number of nitrogens with zero attached hydrogens (tertiary/aromatic N) is 3. The fraction of sp³-hybridized carbons (Fsp3) is 0.417. The standard InChI is InChI=1S/C24H27FN4O4S/c1-24(19-6-5-17-3-2-4-18(17)15-19)22(30)29(23(31)26-24)16-27-11-13-28(14-12-27)34(32,33)21-9-7-20(25)8-10-21/h5-10,15H,2-4,11-14,16H2,1H3,(H,26,31). The van der Waals surface area contributed by atoms with Crippen LogP contribution in [0.15, 0.2) is 47.4 Å². The van der Waals surface area contributed by atoms with Crippen molar-refractivity contribution in [2.24, 2.45) is 0 Å². The van der Waals surface area contributed by atoms with Gasteiger partial charge in [0.25, 0.3) is 5.91 Å². The van der Waals surface area contributed by atoms with Gasteiger partial charge in [-0.25, -0.2) is 22.5 Å². The number of piperazine rings is 1. The summed E-state index contributed by atoms with van der Waals surface area (Å²) in [5.41, 5.74) is 2.19. The highest BCUT2D eigenvalue weighted by atomic mass is 32.2. The molecule has 2 fully saturated rings. The summed E-state index contributed by atoms with van der Waals surface area (Å²) < 4.78 is 40.2. The number of nitrogens with one attached hydrogen (secondary N) is 1. The van der Waals surface area contributed by atoms with Crippen molar-refractivity contribution in [3.63, 3.8) is 0 Å². The van der Waals surface area contributed by atoms with Crippen LogP contribution in [0.1, 0.15) is 30.0 Å². The van der Waals surface area contributed by atoms with Crippen molar-refractivity contribution >= 4 is 22.0 Å². The molecule has 1 N–H and O–H groups in total. The van der Waals surface area contributed by atoms with Crippen molar-refractivity contribution in [1.29, 1.82) is 0 Å². The highest BCUT2D eigenvalue weighted by Gasteiger charge is 2.49. The molecule has 8 nitrogen and oxygen atoms in total. The second-order valence-corrected chi connectivity index (χ2v) is 11.2. The lowest BCUT2D eigenvalue weighted by Gasteiger charge is -2.35. The molecule has 2 aromatic rings. The number of urea groups is 1. The third kappa shape index (κ3) is 3.89. The normalized spacial score (nSPS) is 23.9. The molecule has 3 aliphatic rings. The maximum Gasteiger partial charge on any atom is 0.326 e. The predicted octanol–water partition coefficient (Wildman–Crippen LogP) is 2.05. The third-order valence-corrected chi connectivity index (χ3v) is 8.99. The maximum atomic E-state index is 13.3. The van der Waals surface area contributed by atoms with Crippen molar-refractivity contribution in [1.82, 2.24) is 19.4 Å². The zero-order valence-corrected chi connectivity index (χ0v) is 19.8. The Morgan fingerprint density at radius 1 is 0.971 bits per heavy atom. The molecule has 34 heavy (non-hydrogen) atoms. The fourth-order valence-corrected chi connectivity index (χ4v) is 6.39. The SMILES string of the molecule is CC1(c2ccc3c(c2)CCC3)NC(=O)N(CN2CCN(S(=O)(=O)c3ccc(F)cc3)CC2)C1=O. The molecule has 2 saturated heterocycles. The van der Waals surface area contributed by atoms with Gasteiger partial charge in [0.05, 0.1) is 11.6 Å². The van der Waals surface area contributed by atoms with Crippen molar-refractivity contribution in [3.8, 4) is 0 Å². The number of rotatable bonds is 5. The van der Waals surface area contributed by atoms with Crippen molar-refractivity contribution in [3.05, 3.63) is 65.0 Å². The summed E-state index contributed by atoms with van der Waals surface area (Å²) in [6.07, 6.45) is 3.13. The Morgan fingerprint density at radius 2 is 1.65 bits per heavy atom. The Bertz CT molecular complexity index is 1240. The van der Waals surface area contributed by atoms with E-state index in [-0.39, 0.29) is 30.6 Å². The fourth-order valence-electron chi connectivity index (χ4n) is 4.97. The molecule has 2 heterocycles. The molecule has 0 saturated carbocycles. The van der Waals surface area contributed by atoms with Crippen LogP contribution in [0.25, 0.3) is 0 Å². The van der Waals surface area contributed by atoms with Gasteiger partial charge < -0.3 is 5.32 Å². The first kappa shape index (κ1) is 22.9. The number of halogens is 1. The molecule has 3 amide bonds. The van der Waals surface area contributed by atoms with Gasteiger partial charge in [0.1, 0.15) is 11.4 Å². The smallest absolute Gasteiger partial charge is 0.319 e. The summed E-state index contributed by atoms with van der Waals surface area (Å²) in [6, 6.07) is 10.3. The number of sulfonamides is 1. The molecule has 1 aliphatic carbocycles. The molecule has 1 atom stereocenters. The van der Waals surface area contributed by atoms with E-state index in [0.717, 1.165) is 37.0 Å². The first-order valence-electron chi connectivity index (χ1n) is 11.4. The van der Waals surface area contributed by atoms with E-state index in [0.29, 0.717) is 13.1 Å². The second kappa shape index (κ2) is 8.44. The topological polar surface area (TPSA) is 90.0 Å². The van der Waals surface area contributed by atoms with E-state index < -0.39 is 27.4 Å². The monoisotopic (exact) mass is 486 g/mol. The van der Waals surface area contributed by atoms with Crippen LogP contribution in [0.3, 0.4) is 0 Å². The molecular formula is C24H27FN4O4S. The number of imide groups is 1. The Kier molecular flexibility index (Phi) is 5.70. The summed E-state index contributed by atoms with van der Waals surface area (Å²) in [5, 5.41) is 2.86. The van der Waals surface area contributed by atoms with Crippen molar-refractivity contribution in [2.45, 2.75) is 36.6 Å². The summed E-state index contributed by atoms with van der Waals surface area (Å²) in [6.45, 7) is 2.99. The molecule has 0 aromatic heterocycles. The van der Waals surface area contributed by atoms with Crippen LogP contribution in [0.4, 0.5) is 9.18 Å². The van der Waals surface area contributed by atoms with Gasteiger partial charge in [-0.15, -0.1) is 0 Å². The van der Waals surface area contributed by atoms with Gasteiger partial charge >= 0.3 is 6.03 Å². The number of amides is 3. The second-order valence-electron chi connectivity index (χ2n) is 9.24. The number of hydrogen-bond acceptors (Lipinski definition) is 5. The van der Waals surface area contributed by atoms with E-state index in [2.05, 4.69) is 5.32 Å². The van der Waals surface area contributed by atoms with Gasteiger partial charge in [0, 0.05) is 26.2 Å². The van der Waals surface area contributed by atoms with Gasteiger partial charge in [-0.05, 0) is 67.1 Å². The highest BCUT2D eigenvalue weighted by molar-refractivity contribution is 7.89. The van der Waals surface area contributed by atoms with Crippen LogP contribution < -0.4 is 5.32 Å². The van der Waals surface area contributed by atoms with Crippen molar-refractivity contribution < 1.29 is 22.4 Å². The molecule has 1 unspecified atom stereocenters. The van der Waals surface area contributed by atoms with Crippen LogP contribution in [0.2, 0.25) is 0 Å². The lowest BCUT2D eigenvalue weighted by atomic mass is 9.90. The molecule has 0 bridgehead atoms. The number of benzene rings is 2. The van der Waals surface area contributed by atoms with Gasteiger partial charge in [0.15, 0.2) is 0 Å². The van der Waals surface area contributed by atoms with Crippen LogP contribution in [0, 0.1) is 5.82 Å². The molecule has 180 valence electrons. The molecule has 0 radical (unpaired) electrons. The van der Waals surface area contributed by atoms with E-state index in [1.165, 1.54) is 32.5 Å². The van der Waals surface area contributed by atoms with Crippen molar-refractivity contribution in [2.75, 3.05) is 32.8 Å². The average molecular weight is 487 g/mol. The Hall–Kier alpha value is -2.82. The minimum Gasteiger partial charge on any atom is -0.319 e. The largest absolute Gasteiger partial charge is 0.326 e. The average Bonchev–Trinajstić information content (AvgIpc) is 3.38. The van der Waals surface area contributed by atoms with Gasteiger partial charge in [-0.3, -0.25) is 9.69 Å². The lowest BCUT2D eigenvalue weighted by Crippen LogP contribution is -2.52. The third-order valence-electron chi connectivity index (χ3n) is 7.07. The molecular weight excluding hydrogens is 459 g/mol. The van der Waals surface area contributed by atoms with Crippen LogP contribution in [-0.2, 0) is 33.2 Å². The van der Waals surface area contributed by atoms with Crippen LogP contribution in [0.5, 0.6) is 0 Å². The number of aryl methyl sites for hydroxylation is 2. The quantitative estimate of drug-likeness (QED) is 0.654. The van der Waals surface area contributed by atoms with Gasteiger partial charge in [0.2, 0.25) is 10.0 Å². The van der Waals surface area contributed by atoms with E-state index in [9.17, 15) is 22.4 Å². The van der Waals surface area contributed by atoms with E-state index in [1.54, 1.807) is 6.92 Å². The summed E-state index contributed by atoms with van der Waals surface area (Å²) in [4.78, 5) is 29.2. The van der Waals surface area contributed by atoms with E-state index in [1.807, 2.05) is 23.1 Å². The molecule has 0 spiro atoms. The first-order valence-corrected chi connectivity index (χ1v) is 12.9. The van der Waals surface area contributed by atoms with Crippen LogP contribution in [-0.4, -0.2) is 67.3 Å². The Balaban J connectivity index is 1.25. The van der Waals surface area contributed by atoms with Crippen LogP contribution >= 0.6 is 0 Å².